The van der Waals surface area contributed by atoms with Crippen LogP contribution in [0.2, 0.25) is 0 Å². The topological polar surface area (TPSA) is 137 Å². The van der Waals surface area contributed by atoms with E-state index in [1.165, 1.54) is 0 Å². The fraction of sp³-hybridized carbons (Fsp3) is 0. The van der Waals surface area contributed by atoms with E-state index in [-0.39, 0.29) is 32.7 Å². The van der Waals surface area contributed by atoms with Crippen LogP contribution >= 0.6 is 91.2 Å². The molecule has 16 heteroatoms. The Kier molecular flexibility index (Phi) is 10.7. The molecular formula is C20H4Cl6O8S2. The fourth-order valence-electron chi connectivity index (χ4n) is 2.73. The normalized spacial score (nSPS) is 10.5. The maximum absolute atomic E-state index is 12.9. The lowest BCUT2D eigenvalue weighted by atomic mass is 9.99. The van der Waals surface area contributed by atoms with Crippen LogP contribution in [0.15, 0.2) is 24.3 Å². The van der Waals surface area contributed by atoms with Crippen LogP contribution in [0, 0.1) is 0 Å². The third-order valence-corrected chi connectivity index (χ3v) is 7.38. The van der Waals surface area contributed by atoms with Crippen molar-refractivity contribution in [2.24, 2.45) is 0 Å². The van der Waals surface area contributed by atoms with Gasteiger partial charge in [0.15, 0.2) is 0 Å². The molecule has 0 saturated heterocycles. The van der Waals surface area contributed by atoms with Crippen molar-refractivity contribution in [3.63, 3.8) is 0 Å². The zero-order valence-corrected chi connectivity index (χ0v) is 22.8. The highest BCUT2D eigenvalue weighted by Gasteiger charge is 2.30. The zero-order valence-electron chi connectivity index (χ0n) is 16.7. The molecule has 0 N–H and O–H groups in total. The number of carbonyl (C=O) groups excluding carboxylic acids is 8. The van der Waals surface area contributed by atoms with Gasteiger partial charge in [-0.2, -0.15) is 0 Å². The summed E-state index contributed by atoms with van der Waals surface area (Å²) in [5, 5.41) is -9.36. The minimum atomic E-state index is -1.25. The first-order valence-electron chi connectivity index (χ1n) is 8.65. The Hall–Kier alpha value is -1.76. The monoisotopic (exact) mass is 646 g/mol. The van der Waals surface area contributed by atoms with Gasteiger partial charge >= 0.3 is 0 Å². The van der Waals surface area contributed by atoms with Gasteiger partial charge in [-0.15, -0.1) is 0 Å². The average Bonchev–Trinajstić information content (AvgIpc) is 2.79. The van der Waals surface area contributed by atoms with Gasteiger partial charge in [0, 0.05) is 33.4 Å². The van der Waals surface area contributed by atoms with E-state index < -0.39 is 75.1 Å². The molecule has 186 valence electrons. The molecule has 0 aliphatic rings. The van der Waals surface area contributed by atoms with Gasteiger partial charge in [0.1, 0.15) is 0 Å². The number of rotatable bonds is 8. The average molecular weight is 649 g/mol. The van der Waals surface area contributed by atoms with Gasteiger partial charge in [-0.1, -0.05) is 0 Å². The van der Waals surface area contributed by atoms with E-state index in [0.29, 0.717) is 0 Å². The fourth-order valence-corrected chi connectivity index (χ4v) is 5.26. The molecule has 2 rings (SSSR count). The van der Waals surface area contributed by atoms with Crippen LogP contribution < -0.4 is 0 Å². The molecule has 0 spiro atoms. The van der Waals surface area contributed by atoms with E-state index >= 15 is 0 Å². The molecule has 0 fully saturated rings. The highest BCUT2D eigenvalue weighted by atomic mass is 35.5. The molecule has 0 heterocycles. The second-order valence-corrected chi connectivity index (χ2v) is 10.4. The first-order chi connectivity index (χ1) is 16.7. The number of benzene rings is 2. The van der Waals surface area contributed by atoms with E-state index in [9.17, 15) is 38.4 Å². The Morgan fingerprint density at radius 1 is 0.417 bits per heavy atom. The van der Waals surface area contributed by atoms with Crippen molar-refractivity contribution in [3.05, 3.63) is 68.8 Å². The predicted molar refractivity (Wildman–Crippen MR) is 138 cm³/mol. The van der Waals surface area contributed by atoms with E-state index in [1.54, 1.807) is 0 Å². The van der Waals surface area contributed by atoms with Crippen molar-refractivity contribution in [2.45, 2.75) is 0 Å². The van der Waals surface area contributed by atoms with Crippen LogP contribution in [0.1, 0.15) is 82.9 Å². The van der Waals surface area contributed by atoms with Crippen molar-refractivity contribution in [1.29, 1.82) is 0 Å². The molecule has 0 radical (unpaired) electrons. The summed E-state index contributed by atoms with van der Waals surface area (Å²) >= 11 is 32.7. The molecule has 0 aliphatic carbocycles. The van der Waals surface area contributed by atoms with Gasteiger partial charge in [-0.25, -0.2) is 0 Å². The van der Waals surface area contributed by atoms with Gasteiger partial charge < -0.3 is 0 Å². The summed E-state index contributed by atoms with van der Waals surface area (Å²) in [6, 6.07) is 3.41. The van der Waals surface area contributed by atoms with Crippen molar-refractivity contribution in [2.75, 3.05) is 0 Å². The molecule has 0 amide bonds. The molecule has 0 atom stereocenters. The lowest BCUT2D eigenvalue weighted by Gasteiger charge is -2.12. The minimum Gasteiger partial charge on any atom is -0.281 e. The summed E-state index contributed by atoms with van der Waals surface area (Å²) in [5.74, 6) is 0. The lowest BCUT2D eigenvalue weighted by Crippen LogP contribution is -2.13. The number of carbonyl (C=O) groups is 8. The first-order valence-corrected chi connectivity index (χ1v) is 13.1. The van der Waals surface area contributed by atoms with Crippen LogP contribution in [-0.4, -0.2) is 41.7 Å². The summed E-state index contributed by atoms with van der Waals surface area (Å²) in [7, 11) is 0.296. The second kappa shape index (κ2) is 12.7. The third kappa shape index (κ3) is 6.96. The molecular weight excluding hydrogens is 645 g/mol. The smallest absolute Gasteiger partial charge is 0.253 e. The maximum atomic E-state index is 12.9. The molecule has 0 bridgehead atoms. The van der Waals surface area contributed by atoms with Crippen LogP contribution in [0.5, 0.6) is 0 Å². The summed E-state index contributed by atoms with van der Waals surface area (Å²) < 4.78 is 0. The highest BCUT2D eigenvalue weighted by molar-refractivity contribution is 8.87. The van der Waals surface area contributed by atoms with E-state index in [0.717, 1.165) is 24.3 Å². The van der Waals surface area contributed by atoms with Crippen LogP contribution in [0.4, 0.5) is 0 Å². The zero-order chi connectivity index (χ0) is 27.5. The van der Waals surface area contributed by atoms with Crippen LogP contribution in [0.25, 0.3) is 0 Å². The highest BCUT2D eigenvalue weighted by Crippen LogP contribution is 2.36. The van der Waals surface area contributed by atoms with Gasteiger partial charge in [0.05, 0.1) is 11.1 Å². The molecule has 2 aromatic carbocycles. The molecule has 0 saturated carbocycles. The number of hydrogen-bond donors (Lipinski definition) is 0. The quantitative estimate of drug-likeness (QED) is 0.236. The first kappa shape index (κ1) is 30.5. The Labute approximate surface area is 238 Å². The van der Waals surface area contributed by atoms with Gasteiger partial charge in [0.2, 0.25) is 10.2 Å². The van der Waals surface area contributed by atoms with Crippen molar-refractivity contribution < 1.29 is 38.4 Å². The molecule has 2 aromatic rings. The van der Waals surface area contributed by atoms with Crippen molar-refractivity contribution in [3.8, 4) is 0 Å². The summed E-state index contributed by atoms with van der Waals surface area (Å²) in [6.45, 7) is 0. The van der Waals surface area contributed by atoms with Gasteiger partial charge in [-0.3, -0.25) is 38.4 Å². The van der Waals surface area contributed by atoms with E-state index in [4.69, 9.17) is 69.6 Å². The lowest BCUT2D eigenvalue weighted by molar-refractivity contribution is 0.103. The maximum Gasteiger partial charge on any atom is 0.253 e. The van der Waals surface area contributed by atoms with Crippen molar-refractivity contribution >= 4 is 133 Å². The molecule has 8 nitrogen and oxygen atoms in total. The number of hydrogen-bond acceptors (Lipinski definition) is 10. The Bertz CT molecular complexity index is 1230. The molecule has 0 aliphatic heterocycles. The van der Waals surface area contributed by atoms with Crippen molar-refractivity contribution in [1.82, 2.24) is 0 Å². The Morgan fingerprint density at radius 2 is 0.639 bits per heavy atom. The van der Waals surface area contributed by atoms with Gasteiger partial charge in [0.25, 0.3) is 31.5 Å². The predicted octanol–water partition coefficient (Wildman–Crippen LogP) is 6.32. The van der Waals surface area contributed by atoms with Crippen LogP contribution in [0.3, 0.4) is 0 Å². The Morgan fingerprint density at radius 3 is 0.806 bits per heavy atom. The summed E-state index contributed by atoms with van der Waals surface area (Å²) in [5.41, 5.74) is -4.39. The van der Waals surface area contributed by atoms with Crippen LogP contribution in [-0.2, 0) is 0 Å². The molecule has 0 unspecified atom stereocenters. The minimum absolute atomic E-state index is 0.148. The largest absolute Gasteiger partial charge is 0.281 e. The van der Waals surface area contributed by atoms with E-state index in [2.05, 4.69) is 0 Å². The molecule has 0 aromatic heterocycles. The standard InChI is InChI=1S/C20H4Cl6O8S2/c21-13(27)5-1-7(15(23)29)11(8(2-5)16(24)30)19(33)35-36-20(34)12-9(17(25)31)3-6(14(22)28)4-10(12)18(26)32/h1-4H. The SMILES string of the molecule is O=C(Cl)c1cc(C(=O)Cl)c(C(=O)SSC(=O)c2c(C(=O)Cl)cc(C(=O)Cl)cc2C(=O)Cl)c(C(=O)Cl)c1. The van der Waals surface area contributed by atoms with E-state index in [1.807, 2.05) is 0 Å². The van der Waals surface area contributed by atoms with Gasteiger partial charge in [-0.05, 0) is 115 Å². The summed E-state index contributed by atoms with van der Waals surface area (Å²) in [4.78, 5) is 96.3. The number of halogens is 6. The summed E-state index contributed by atoms with van der Waals surface area (Å²) in [6.07, 6.45) is 0. The molecule has 36 heavy (non-hydrogen) atoms. The Balaban J connectivity index is 2.56. The third-order valence-electron chi connectivity index (χ3n) is 4.18. The second-order valence-electron chi connectivity index (χ2n) is 6.28.